The van der Waals surface area contributed by atoms with Crippen molar-refractivity contribution in [2.75, 3.05) is 0 Å². The van der Waals surface area contributed by atoms with Crippen molar-refractivity contribution in [3.05, 3.63) is 47.5 Å². The number of nitrogens with zero attached hydrogens (tertiary/aromatic N) is 2. The summed E-state index contributed by atoms with van der Waals surface area (Å²) in [7, 11) is 1.74. The summed E-state index contributed by atoms with van der Waals surface area (Å²) in [5, 5.41) is 0. The van der Waals surface area contributed by atoms with Gasteiger partial charge in [-0.05, 0) is 18.2 Å². The molecule has 1 aromatic heterocycles. The molecule has 0 bridgehead atoms. The lowest BCUT2D eigenvalue weighted by Gasteiger charge is -2.13. The summed E-state index contributed by atoms with van der Waals surface area (Å²) in [5.74, 6) is -0.988. The van der Waals surface area contributed by atoms with Crippen LogP contribution < -0.4 is 10.5 Å². The average Bonchev–Trinajstić information content (AvgIpc) is 2.80. The van der Waals surface area contributed by atoms with Crippen molar-refractivity contribution in [2.45, 2.75) is 12.8 Å². The van der Waals surface area contributed by atoms with E-state index >= 15 is 0 Å². The molecule has 0 aliphatic rings. The molecule has 0 fully saturated rings. The molecule has 2 rings (SSSR count). The van der Waals surface area contributed by atoms with Gasteiger partial charge in [0.2, 0.25) is 0 Å². The molecule has 2 N–H and O–H groups in total. The van der Waals surface area contributed by atoms with E-state index < -0.39 is 17.6 Å². The van der Waals surface area contributed by atoms with E-state index in [4.69, 9.17) is 10.5 Å². The lowest BCUT2D eigenvalue weighted by atomic mass is 10.1. The summed E-state index contributed by atoms with van der Waals surface area (Å²) in [5.41, 5.74) is 4.53. The first kappa shape index (κ1) is 14.9. The molecule has 8 heteroatoms. The van der Waals surface area contributed by atoms with Crippen molar-refractivity contribution in [2.24, 2.45) is 12.8 Å². The van der Waals surface area contributed by atoms with Crippen LogP contribution in [0.15, 0.2) is 30.7 Å². The number of alkyl halides is 3. The van der Waals surface area contributed by atoms with Crippen LogP contribution in [0, 0.1) is 0 Å². The van der Waals surface area contributed by atoms with Crippen LogP contribution in [0.1, 0.15) is 21.6 Å². The van der Waals surface area contributed by atoms with Crippen LogP contribution in [0.4, 0.5) is 13.2 Å². The number of aromatic nitrogens is 2. The van der Waals surface area contributed by atoms with Crippen LogP contribution in [-0.4, -0.2) is 15.5 Å². The molecule has 21 heavy (non-hydrogen) atoms. The highest BCUT2D eigenvalue weighted by atomic mass is 19.4. The Kier molecular flexibility index (Phi) is 3.88. The smallest absolute Gasteiger partial charge is 0.416 e. The number of carbonyl (C=O) groups excluding carboxylic acids is 1. The third-order valence-corrected chi connectivity index (χ3v) is 2.86. The minimum absolute atomic E-state index is 0.00306. The minimum Gasteiger partial charge on any atom is -0.486 e. The van der Waals surface area contributed by atoms with E-state index in [1.54, 1.807) is 24.1 Å². The SMILES string of the molecule is Cn1cncc1COc1ccc(C(F)(F)F)cc1C(N)=O. The van der Waals surface area contributed by atoms with E-state index in [1.165, 1.54) is 0 Å². The van der Waals surface area contributed by atoms with E-state index in [0.717, 1.165) is 12.1 Å². The molecule has 0 saturated heterocycles. The minimum atomic E-state index is -4.55. The molecule has 0 aliphatic carbocycles. The summed E-state index contributed by atoms with van der Waals surface area (Å²) < 4.78 is 44.9. The van der Waals surface area contributed by atoms with Crippen molar-refractivity contribution < 1.29 is 22.7 Å². The molecule has 0 aliphatic heterocycles. The molecular weight excluding hydrogens is 287 g/mol. The summed E-state index contributed by atoms with van der Waals surface area (Å²) in [4.78, 5) is 15.2. The third kappa shape index (κ3) is 3.33. The zero-order valence-corrected chi connectivity index (χ0v) is 11.0. The van der Waals surface area contributed by atoms with Gasteiger partial charge in [0.25, 0.3) is 5.91 Å². The first-order valence-corrected chi connectivity index (χ1v) is 5.88. The number of ether oxygens (including phenoxy) is 1. The van der Waals surface area contributed by atoms with Gasteiger partial charge in [0, 0.05) is 7.05 Å². The second-order valence-electron chi connectivity index (χ2n) is 4.36. The zero-order chi connectivity index (χ0) is 15.6. The molecule has 0 atom stereocenters. The van der Waals surface area contributed by atoms with Crippen molar-refractivity contribution in [3.8, 4) is 5.75 Å². The number of hydrogen-bond donors (Lipinski definition) is 1. The molecule has 112 valence electrons. The van der Waals surface area contributed by atoms with E-state index in [1.807, 2.05) is 0 Å². The van der Waals surface area contributed by atoms with Gasteiger partial charge < -0.3 is 15.0 Å². The fraction of sp³-hybridized carbons (Fsp3) is 0.231. The van der Waals surface area contributed by atoms with E-state index in [0.29, 0.717) is 11.8 Å². The van der Waals surface area contributed by atoms with Crippen molar-refractivity contribution in [3.63, 3.8) is 0 Å². The maximum absolute atomic E-state index is 12.6. The molecule has 1 heterocycles. The van der Waals surface area contributed by atoms with E-state index in [2.05, 4.69) is 4.98 Å². The third-order valence-electron chi connectivity index (χ3n) is 2.86. The second-order valence-corrected chi connectivity index (χ2v) is 4.36. The van der Waals surface area contributed by atoms with Gasteiger partial charge in [0.1, 0.15) is 12.4 Å². The molecule has 0 unspecified atom stereocenters. The predicted molar refractivity (Wildman–Crippen MR) is 67.5 cm³/mol. The Morgan fingerprint density at radius 2 is 2.14 bits per heavy atom. The maximum Gasteiger partial charge on any atom is 0.416 e. The van der Waals surface area contributed by atoms with Gasteiger partial charge in [-0.25, -0.2) is 4.98 Å². The van der Waals surface area contributed by atoms with Crippen LogP contribution in [-0.2, 0) is 19.8 Å². The summed E-state index contributed by atoms with van der Waals surface area (Å²) in [6.07, 6.45) is -1.45. The number of rotatable bonds is 4. The standard InChI is InChI=1S/C13H12F3N3O2/c1-19-7-18-5-9(19)6-21-11-3-2-8(13(14,15)16)4-10(11)12(17)20/h2-5,7H,6H2,1H3,(H2,17,20). The maximum atomic E-state index is 12.6. The Labute approximate surface area is 118 Å². The Morgan fingerprint density at radius 3 is 2.67 bits per heavy atom. The number of nitrogens with two attached hydrogens (primary N) is 1. The highest BCUT2D eigenvalue weighted by molar-refractivity contribution is 5.95. The van der Waals surface area contributed by atoms with Crippen LogP contribution in [0.25, 0.3) is 0 Å². The van der Waals surface area contributed by atoms with Gasteiger partial charge in [0.15, 0.2) is 0 Å². The van der Waals surface area contributed by atoms with Crippen LogP contribution in [0.3, 0.4) is 0 Å². The fourth-order valence-corrected chi connectivity index (χ4v) is 1.70. The summed E-state index contributed by atoms with van der Waals surface area (Å²) in [6.45, 7) is 0.0577. The number of hydrogen-bond acceptors (Lipinski definition) is 3. The number of halogens is 3. The number of benzene rings is 1. The normalized spacial score (nSPS) is 11.4. The fourth-order valence-electron chi connectivity index (χ4n) is 1.70. The van der Waals surface area contributed by atoms with Gasteiger partial charge in [-0.15, -0.1) is 0 Å². The first-order chi connectivity index (χ1) is 9.79. The summed E-state index contributed by atoms with van der Waals surface area (Å²) >= 11 is 0. The molecule has 0 saturated carbocycles. The number of primary amides is 1. The molecule has 1 aromatic carbocycles. The highest BCUT2D eigenvalue weighted by Crippen LogP contribution is 2.32. The Morgan fingerprint density at radius 1 is 1.43 bits per heavy atom. The van der Waals surface area contributed by atoms with Gasteiger partial charge in [-0.1, -0.05) is 0 Å². The van der Waals surface area contributed by atoms with E-state index in [-0.39, 0.29) is 17.9 Å². The van der Waals surface area contributed by atoms with Gasteiger partial charge in [-0.2, -0.15) is 13.2 Å². The van der Waals surface area contributed by atoms with Crippen LogP contribution in [0.2, 0.25) is 0 Å². The summed E-state index contributed by atoms with van der Waals surface area (Å²) in [6, 6.07) is 2.60. The van der Waals surface area contributed by atoms with Gasteiger partial charge >= 0.3 is 6.18 Å². The molecule has 1 amide bonds. The van der Waals surface area contributed by atoms with E-state index in [9.17, 15) is 18.0 Å². The lowest BCUT2D eigenvalue weighted by Crippen LogP contribution is -2.15. The van der Waals surface area contributed by atoms with Gasteiger partial charge in [0.05, 0.1) is 29.3 Å². The monoisotopic (exact) mass is 299 g/mol. The number of imidazole rings is 1. The topological polar surface area (TPSA) is 70.1 Å². The number of amides is 1. The Hall–Kier alpha value is -2.51. The van der Waals surface area contributed by atoms with Crippen LogP contribution >= 0.6 is 0 Å². The average molecular weight is 299 g/mol. The van der Waals surface area contributed by atoms with Gasteiger partial charge in [-0.3, -0.25) is 4.79 Å². The van der Waals surface area contributed by atoms with Crippen molar-refractivity contribution in [1.82, 2.24) is 9.55 Å². The lowest BCUT2D eigenvalue weighted by molar-refractivity contribution is -0.137. The number of aryl methyl sites for hydroxylation is 1. The molecule has 5 nitrogen and oxygen atoms in total. The zero-order valence-electron chi connectivity index (χ0n) is 11.0. The second kappa shape index (κ2) is 5.47. The predicted octanol–water partition coefficient (Wildman–Crippen LogP) is 2.12. The molecular formula is C13H12F3N3O2. The first-order valence-electron chi connectivity index (χ1n) is 5.88. The largest absolute Gasteiger partial charge is 0.486 e. The van der Waals surface area contributed by atoms with Crippen LogP contribution in [0.5, 0.6) is 5.75 Å². The quantitative estimate of drug-likeness (QED) is 0.940. The molecule has 2 aromatic rings. The highest BCUT2D eigenvalue weighted by Gasteiger charge is 2.31. The Balaban J connectivity index is 2.27. The molecule has 0 spiro atoms. The molecule has 0 radical (unpaired) electrons. The Bertz CT molecular complexity index is 665. The van der Waals surface area contributed by atoms with Crippen molar-refractivity contribution >= 4 is 5.91 Å². The number of carbonyl (C=O) groups is 1. The van der Waals surface area contributed by atoms with Crippen molar-refractivity contribution in [1.29, 1.82) is 0 Å².